The van der Waals surface area contributed by atoms with Crippen LogP contribution in [0.5, 0.6) is 0 Å². The SMILES string of the molecule is N#Cc1cccc(-n2c3ccc(-c4nc5ccc6ccc7ccccc7c6c5s4)cc3c3cc(-c4nc5ccc6ccc7ccccc7c6c5s4)ccc32)c1. The van der Waals surface area contributed by atoms with Gasteiger partial charge in [0.2, 0.25) is 0 Å². The second-order valence-corrected chi connectivity index (χ2v) is 16.1. The minimum Gasteiger partial charge on any atom is -0.309 e. The van der Waals surface area contributed by atoms with Gasteiger partial charge in [0.05, 0.1) is 43.1 Å². The molecule has 4 nitrogen and oxygen atoms in total. The summed E-state index contributed by atoms with van der Waals surface area (Å²) in [6.07, 6.45) is 0. The second kappa shape index (κ2) is 11.5. The Balaban J connectivity index is 1.09. The smallest absolute Gasteiger partial charge is 0.124 e. The molecule has 0 aliphatic heterocycles. The van der Waals surface area contributed by atoms with Crippen LogP contribution in [0.15, 0.2) is 158 Å². The summed E-state index contributed by atoms with van der Waals surface area (Å²) in [5.41, 5.74) is 7.92. The summed E-state index contributed by atoms with van der Waals surface area (Å²) in [6, 6.07) is 58.3. The Kier molecular flexibility index (Phi) is 6.41. The predicted octanol–water partition coefficient (Wildman–Crippen LogP) is 13.8. The van der Waals surface area contributed by atoms with Crippen molar-refractivity contribution < 1.29 is 0 Å². The minimum absolute atomic E-state index is 0.629. The van der Waals surface area contributed by atoms with Crippen LogP contribution in [0.4, 0.5) is 0 Å². The number of hydrogen-bond acceptors (Lipinski definition) is 5. The zero-order valence-corrected chi connectivity index (χ0v) is 30.7. The van der Waals surface area contributed by atoms with Crippen LogP contribution < -0.4 is 0 Å². The topological polar surface area (TPSA) is 54.5 Å². The van der Waals surface area contributed by atoms with Crippen LogP contribution in [0.1, 0.15) is 5.56 Å². The quantitative estimate of drug-likeness (QED) is 0.170. The van der Waals surface area contributed by atoms with Gasteiger partial charge in [0.1, 0.15) is 10.0 Å². The van der Waals surface area contributed by atoms with Gasteiger partial charge in [-0.05, 0) is 99.0 Å². The molecule has 0 radical (unpaired) electrons. The first-order valence-corrected chi connectivity index (χ1v) is 19.8. The summed E-state index contributed by atoms with van der Waals surface area (Å²) in [6.45, 7) is 0. The van der Waals surface area contributed by atoms with Crippen LogP contribution in [0.3, 0.4) is 0 Å². The molecule has 0 saturated heterocycles. The number of hydrogen-bond donors (Lipinski definition) is 0. The van der Waals surface area contributed by atoms with E-state index in [1.807, 2.05) is 18.2 Å². The van der Waals surface area contributed by atoms with Crippen molar-refractivity contribution in [2.24, 2.45) is 0 Å². The van der Waals surface area contributed by atoms with E-state index < -0.39 is 0 Å². The minimum atomic E-state index is 0.629. The Morgan fingerprint density at radius 3 is 1.51 bits per heavy atom. The van der Waals surface area contributed by atoms with E-state index in [-0.39, 0.29) is 0 Å². The fourth-order valence-corrected chi connectivity index (χ4v) is 10.7. The Bertz CT molecular complexity index is 3430. The number of rotatable bonds is 3. The molecule has 12 rings (SSSR count). The molecule has 12 aromatic rings. The van der Waals surface area contributed by atoms with Crippen molar-refractivity contribution in [1.29, 1.82) is 5.26 Å². The lowest BCUT2D eigenvalue weighted by Gasteiger charge is -2.08. The van der Waals surface area contributed by atoms with Gasteiger partial charge in [0, 0.05) is 38.4 Å². The summed E-state index contributed by atoms with van der Waals surface area (Å²) >= 11 is 3.52. The Hall–Kier alpha value is -6.91. The molecule has 0 saturated carbocycles. The molecule has 3 heterocycles. The lowest BCUT2D eigenvalue weighted by Crippen LogP contribution is -1.94. The van der Waals surface area contributed by atoms with Crippen LogP contribution in [-0.2, 0) is 0 Å². The molecule has 0 atom stereocenters. The summed E-state index contributed by atoms with van der Waals surface area (Å²) in [5, 5.41) is 24.0. The van der Waals surface area contributed by atoms with Crippen molar-refractivity contribution in [2.75, 3.05) is 0 Å². The summed E-state index contributed by atoms with van der Waals surface area (Å²) in [4.78, 5) is 10.4. The van der Waals surface area contributed by atoms with Gasteiger partial charge < -0.3 is 4.57 Å². The number of benzene rings is 9. The van der Waals surface area contributed by atoms with Crippen LogP contribution in [0.2, 0.25) is 0 Å². The van der Waals surface area contributed by atoms with Crippen LogP contribution >= 0.6 is 22.7 Å². The van der Waals surface area contributed by atoms with Crippen molar-refractivity contribution in [1.82, 2.24) is 14.5 Å². The van der Waals surface area contributed by atoms with Gasteiger partial charge in [-0.3, -0.25) is 0 Å². The van der Waals surface area contributed by atoms with E-state index >= 15 is 0 Å². The van der Waals surface area contributed by atoms with Crippen molar-refractivity contribution in [3.05, 3.63) is 163 Å². The van der Waals surface area contributed by atoms with Crippen molar-refractivity contribution >= 4 is 108 Å². The number of fused-ring (bicyclic) bond motifs is 13. The van der Waals surface area contributed by atoms with Crippen molar-refractivity contribution in [2.45, 2.75) is 0 Å². The third-order valence-corrected chi connectivity index (χ3v) is 13.3. The molecule has 254 valence electrons. The van der Waals surface area contributed by atoms with Gasteiger partial charge in [-0.2, -0.15) is 5.26 Å². The summed E-state index contributed by atoms with van der Waals surface area (Å²) in [5.74, 6) is 0. The highest BCUT2D eigenvalue weighted by Crippen LogP contribution is 2.43. The molecule has 9 aromatic carbocycles. The highest BCUT2D eigenvalue weighted by atomic mass is 32.1. The average molecular weight is 735 g/mol. The van der Waals surface area contributed by atoms with Gasteiger partial charge in [-0.15, -0.1) is 22.7 Å². The van der Waals surface area contributed by atoms with E-state index in [2.05, 4.69) is 150 Å². The van der Waals surface area contributed by atoms with Crippen LogP contribution in [0, 0.1) is 11.3 Å². The molecule has 55 heavy (non-hydrogen) atoms. The number of nitriles is 1. The maximum atomic E-state index is 9.81. The van der Waals surface area contributed by atoms with Crippen molar-refractivity contribution in [3.8, 4) is 32.9 Å². The molecule has 0 aliphatic rings. The Morgan fingerprint density at radius 1 is 0.455 bits per heavy atom. The van der Waals surface area contributed by atoms with Crippen molar-refractivity contribution in [3.63, 3.8) is 0 Å². The highest BCUT2D eigenvalue weighted by molar-refractivity contribution is 7.23. The fraction of sp³-hybridized carbons (Fsp3) is 0. The van der Waals surface area contributed by atoms with Gasteiger partial charge in [0.15, 0.2) is 0 Å². The molecule has 3 aromatic heterocycles. The largest absolute Gasteiger partial charge is 0.309 e. The predicted molar refractivity (Wildman–Crippen MR) is 233 cm³/mol. The molecule has 0 fully saturated rings. The Labute approximate surface area is 322 Å². The lowest BCUT2D eigenvalue weighted by atomic mass is 10.0. The molecule has 0 bridgehead atoms. The van der Waals surface area contributed by atoms with E-state index in [0.717, 1.165) is 59.7 Å². The maximum absolute atomic E-state index is 9.81. The number of thiazole rings is 2. The highest BCUT2D eigenvalue weighted by Gasteiger charge is 2.19. The monoisotopic (exact) mass is 734 g/mol. The van der Waals surface area contributed by atoms with Gasteiger partial charge in [-0.1, -0.05) is 91.0 Å². The third-order valence-electron chi connectivity index (χ3n) is 11.0. The molecule has 0 spiro atoms. The van der Waals surface area contributed by atoms with E-state index in [1.54, 1.807) is 22.7 Å². The van der Waals surface area contributed by atoms with Gasteiger partial charge in [0.25, 0.3) is 0 Å². The molecular weight excluding hydrogens is 709 g/mol. The zero-order chi connectivity index (χ0) is 36.2. The van der Waals surface area contributed by atoms with E-state index in [4.69, 9.17) is 9.97 Å². The standard InChI is InChI=1S/C49H26N4S2/c50-27-28-6-5-9-35(24-28)53-42-22-18-33(48-51-40-20-16-31-14-12-29-7-1-3-10-36(29)44(31)46(40)54-48)25-38(42)39-26-34(19-23-43(39)53)49-52-41-21-17-32-15-13-30-8-2-4-11-37(30)45(32)47(41)55-49/h1-26H. The first-order valence-electron chi connectivity index (χ1n) is 18.2. The van der Waals surface area contributed by atoms with Gasteiger partial charge >= 0.3 is 0 Å². The first-order chi connectivity index (χ1) is 27.2. The third kappa shape index (κ3) is 4.55. The molecule has 0 N–H and O–H groups in total. The number of aromatic nitrogens is 3. The summed E-state index contributed by atoms with van der Waals surface area (Å²) in [7, 11) is 0. The zero-order valence-electron chi connectivity index (χ0n) is 29.1. The average Bonchev–Trinajstić information content (AvgIpc) is 3.97. The number of nitrogens with zero attached hydrogens (tertiary/aromatic N) is 4. The van der Waals surface area contributed by atoms with E-state index in [9.17, 15) is 5.26 Å². The maximum Gasteiger partial charge on any atom is 0.124 e. The van der Waals surface area contributed by atoms with Crippen LogP contribution in [-0.4, -0.2) is 14.5 Å². The molecule has 6 heteroatoms. The van der Waals surface area contributed by atoms with Gasteiger partial charge in [-0.25, -0.2) is 9.97 Å². The normalized spacial score (nSPS) is 12.0. The molecule has 0 aliphatic carbocycles. The fourth-order valence-electron chi connectivity index (χ4n) is 8.48. The Morgan fingerprint density at radius 2 is 0.964 bits per heavy atom. The molecule has 0 amide bonds. The summed E-state index contributed by atoms with van der Waals surface area (Å²) < 4.78 is 4.69. The first kappa shape index (κ1) is 30.5. The molecular formula is C49H26N4S2. The second-order valence-electron chi connectivity index (χ2n) is 14.1. The van der Waals surface area contributed by atoms with E-state index in [0.29, 0.717) is 5.56 Å². The lowest BCUT2D eigenvalue weighted by molar-refractivity contribution is 1.18. The molecule has 0 unspecified atom stereocenters. The van der Waals surface area contributed by atoms with Crippen LogP contribution in [0.25, 0.3) is 112 Å². The van der Waals surface area contributed by atoms with E-state index in [1.165, 1.54) is 52.5 Å².